The molecule has 3 fully saturated rings. The molecule has 4 aliphatic heterocycles. The Morgan fingerprint density at radius 3 is 2.54 bits per heavy atom. The van der Waals surface area contributed by atoms with E-state index in [9.17, 15) is 14.0 Å². The molecule has 11 heteroatoms. The molecule has 0 N–H and O–H groups in total. The van der Waals surface area contributed by atoms with Crippen LogP contribution in [-0.2, 0) is 9.59 Å². The molecular weight excluding hydrogens is 623 g/mol. The largest absolute Gasteiger partial charge is 0.338 e. The highest BCUT2D eigenvalue weighted by Gasteiger charge is 2.54. The zero-order valence-electron chi connectivity index (χ0n) is 27.2. The number of allylic oxidation sites excluding steroid dienone is 1. The van der Waals surface area contributed by atoms with Crippen molar-refractivity contribution < 1.29 is 14.0 Å². The van der Waals surface area contributed by atoms with Crippen molar-refractivity contribution in [1.29, 1.82) is 0 Å². The van der Waals surface area contributed by atoms with Crippen molar-refractivity contribution in [2.24, 2.45) is 10.9 Å². The zero-order chi connectivity index (χ0) is 32.5. The van der Waals surface area contributed by atoms with Crippen LogP contribution in [0.5, 0.6) is 0 Å². The summed E-state index contributed by atoms with van der Waals surface area (Å²) >= 11 is 7.48. The Morgan fingerprint density at radius 2 is 1.89 bits per heavy atom. The molecule has 1 aromatic carbocycles. The lowest BCUT2D eigenvalue weighted by atomic mass is 9.93. The van der Waals surface area contributed by atoms with Crippen molar-refractivity contribution in [3.8, 4) is 0 Å². The van der Waals surface area contributed by atoms with Crippen LogP contribution in [-0.4, -0.2) is 85.4 Å². The highest BCUT2D eigenvalue weighted by Crippen LogP contribution is 2.54. The summed E-state index contributed by atoms with van der Waals surface area (Å²) in [6.07, 6.45) is 5.55. The lowest BCUT2D eigenvalue weighted by Gasteiger charge is -2.43. The zero-order valence-corrected chi connectivity index (χ0v) is 28.7. The number of likely N-dealkylation sites (tertiary alicyclic amines) is 1. The second-order valence-corrected chi connectivity index (χ2v) is 15.2. The van der Waals surface area contributed by atoms with E-state index in [1.807, 2.05) is 41.1 Å². The molecule has 2 amide bonds. The van der Waals surface area contributed by atoms with Gasteiger partial charge in [-0.15, -0.1) is 0 Å². The number of aryl methyl sites for hydroxylation is 1. The van der Waals surface area contributed by atoms with Crippen LogP contribution in [0.15, 0.2) is 52.1 Å². The molecule has 2 aromatic rings. The predicted octanol–water partition coefficient (Wildman–Crippen LogP) is 6.33. The fourth-order valence-corrected chi connectivity index (χ4v) is 9.34. The lowest BCUT2D eigenvalue weighted by molar-refractivity contribution is -0.145. The van der Waals surface area contributed by atoms with Crippen LogP contribution in [0.2, 0.25) is 5.02 Å². The number of carbonyl (C=O) groups is 2. The van der Waals surface area contributed by atoms with Gasteiger partial charge in [0.25, 0.3) is 5.91 Å². The monoisotopic (exact) mass is 664 g/mol. The Labute approximate surface area is 280 Å². The molecule has 1 aliphatic carbocycles. The van der Waals surface area contributed by atoms with E-state index in [1.165, 1.54) is 17.8 Å². The Morgan fingerprint density at radius 1 is 1.13 bits per heavy atom. The average molecular weight is 665 g/mol. The smallest absolute Gasteiger partial charge is 0.263 e. The standard InChI is InChI=1S/C35H42ClFN6O2S/c1-6-41-16-15-40(19-35(41)13-14-35)32(44)27-12-8-22(5)42(27)33(45)31-29(20(2)3)43-30(23-10-11-25(36)26(37)17-23)28(39-34(43)46-31)24-9-7-21(4)38-18-24/h7,9-11,17-18,20,22,27-28,30H,6,8,12-16,19H2,1-5H3/t22-,27+,28?,30-/m1/s1. The Kier molecular flexibility index (Phi) is 8.21. The number of hydrogen-bond donors (Lipinski definition) is 0. The summed E-state index contributed by atoms with van der Waals surface area (Å²) in [5.41, 5.74) is 3.52. The van der Waals surface area contributed by atoms with Crippen LogP contribution in [0.3, 0.4) is 0 Å². The van der Waals surface area contributed by atoms with Crippen molar-refractivity contribution in [3.63, 3.8) is 0 Å². The number of piperazine rings is 1. The van der Waals surface area contributed by atoms with Gasteiger partial charge in [0.05, 0.1) is 11.1 Å². The predicted molar refractivity (Wildman–Crippen MR) is 180 cm³/mol. The molecule has 0 radical (unpaired) electrons. The molecule has 1 unspecified atom stereocenters. The molecule has 5 heterocycles. The van der Waals surface area contributed by atoms with Gasteiger partial charge in [-0.25, -0.2) is 4.39 Å². The molecule has 4 atom stereocenters. The molecule has 0 bridgehead atoms. The first-order chi connectivity index (χ1) is 22.0. The Bertz CT molecular complexity index is 1630. The molecule has 8 nitrogen and oxygen atoms in total. The maximum atomic E-state index is 14.9. The maximum absolute atomic E-state index is 14.9. The minimum atomic E-state index is -0.494. The minimum absolute atomic E-state index is 0.0300. The minimum Gasteiger partial charge on any atom is -0.338 e. The number of halogens is 2. The molecule has 1 saturated carbocycles. The SMILES string of the molecule is CCN1CCN(C(=O)[C@@H]2CC[C@@H](C)N2C(=O)C2=C(C(C)C)N3C(=NC(c4ccc(C)nc4)[C@H]3c3ccc(Cl)c(F)c3)S2)CC12CC2. The molecule has 1 aromatic heterocycles. The summed E-state index contributed by atoms with van der Waals surface area (Å²) in [4.78, 5) is 47.6. The van der Waals surface area contributed by atoms with Crippen molar-refractivity contribution in [1.82, 2.24) is 24.6 Å². The molecule has 1 spiro atoms. The molecule has 46 heavy (non-hydrogen) atoms. The Balaban J connectivity index is 1.23. The fraction of sp³-hybridized carbons (Fsp3) is 0.543. The van der Waals surface area contributed by atoms with Gasteiger partial charge in [-0.3, -0.25) is 24.5 Å². The van der Waals surface area contributed by atoms with Gasteiger partial charge in [0.15, 0.2) is 5.17 Å². The Hall–Kier alpha value is -2.95. The number of likely N-dealkylation sites (N-methyl/N-ethyl adjacent to an activating group) is 1. The van der Waals surface area contributed by atoms with Gasteiger partial charge < -0.3 is 14.7 Å². The third kappa shape index (κ3) is 5.24. The number of rotatable bonds is 6. The van der Waals surface area contributed by atoms with Gasteiger partial charge >= 0.3 is 0 Å². The van der Waals surface area contributed by atoms with E-state index in [4.69, 9.17) is 16.6 Å². The summed E-state index contributed by atoms with van der Waals surface area (Å²) in [6.45, 7) is 13.7. The number of carbonyl (C=O) groups excluding carboxylic acids is 2. The number of amides is 2. The third-order valence-corrected chi connectivity index (χ3v) is 11.9. The number of thioether (sulfide) groups is 1. The van der Waals surface area contributed by atoms with Crippen molar-refractivity contribution in [2.75, 3.05) is 26.2 Å². The van der Waals surface area contributed by atoms with E-state index in [-0.39, 0.29) is 46.4 Å². The van der Waals surface area contributed by atoms with E-state index in [0.717, 1.165) is 61.4 Å². The van der Waals surface area contributed by atoms with E-state index in [2.05, 4.69) is 42.5 Å². The lowest BCUT2D eigenvalue weighted by Crippen LogP contribution is -2.59. The third-order valence-electron chi connectivity index (χ3n) is 10.5. The summed E-state index contributed by atoms with van der Waals surface area (Å²) in [6, 6.07) is 7.60. The van der Waals surface area contributed by atoms with Crippen LogP contribution in [0.4, 0.5) is 4.39 Å². The molecule has 244 valence electrons. The van der Waals surface area contributed by atoms with Gasteiger partial charge in [-0.05, 0) is 93.1 Å². The van der Waals surface area contributed by atoms with Gasteiger partial charge in [0.2, 0.25) is 5.91 Å². The van der Waals surface area contributed by atoms with Crippen LogP contribution < -0.4 is 0 Å². The fourth-order valence-electron chi connectivity index (χ4n) is 7.94. The van der Waals surface area contributed by atoms with Crippen molar-refractivity contribution in [3.05, 3.63) is 74.8 Å². The number of hydrogen-bond acceptors (Lipinski definition) is 7. The number of aromatic nitrogens is 1. The second kappa shape index (κ2) is 11.9. The summed E-state index contributed by atoms with van der Waals surface area (Å²) in [5, 5.41) is 0.768. The van der Waals surface area contributed by atoms with Crippen molar-refractivity contribution >= 4 is 40.3 Å². The van der Waals surface area contributed by atoms with Crippen molar-refractivity contribution in [2.45, 2.75) is 90.0 Å². The first-order valence-electron chi connectivity index (χ1n) is 16.6. The van der Waals surface area contributed by atoms with Crippen LogP contribution in [0, 0.1) is 18.7 Å². The topological polar surface area (TPSA) is 72.3 Å². The van der Waals surface area contributed by atoms with E-state index in [0.29, 0.717) is 23.0 Å². The quantitative estimate of drug-likeness (QED) is 0.360. The average Bonchev–Trinajstić information content (AvgIpc) is 3.35. The van der Waals surface area contributed by atoms with Crippen LogP contribution in [0.25, 0.3) is 0 Å². The van der Waals surface area contributed by atoms with Gasteiger partial charge in [-0.1, -0.05) is 44.5 Å². The highest BCUT2D eigenvalue weighted by atomic mass is 35.5. The van der Waals surface area contributed by atoms with E-state index >= 15 is 0 Å². The summed E-state index contributed by atoms with van der Waals surface area (Å²) in [7, 11) is 0. The molecule has 2 saturated heterocycles. The number of fused-ring (bicyclic) bond motifs is 1. The van der Waals surface area contributed by atoms with E-state index in [1.54, 1.807) is 6.07 Å². The molecule has 5 aliphatic rings. The maximum Gasteiger partial charge on any atom is 0.263 e. The molecular formula is C35H42ClFN6O2S. The van der Waals surface area contributed by atoms with Crippen LogP contribution >= 0.6 is 23.4 Å². The number of nitrogens with zero attached hydrogens (tertiary/aromatic N) is 6. The van der Waals surface area contributed by atoms with Gasteiger partial charge in [0, 0.05) is 48.8 Å². The van der Waals surface area contributed by atoms with Gasteiger partial charge in [-0.2, -0.15) is 0 Å². The number of amidine groups is 1. The normalized spacial score (nSPS) is 27.2. The van der Waals surface area contributed by atoms with Crippen LogP contribution in [0.1, 0.15) is 82.3 Å². The summed E-state index contributed by atoms with van der Waals surface area (Å²) < 4.78 is 14.9. The highest BCUT2D eigenvalue weighted by molar-refractivity contribution is 8.18. The molecule has 7 rings (SSSR count). The number of benzene rings is 1. The second-order valence-electron chi connectivity index (χ2n) is 13.8. The number of aliphatic imine (C=N–C) groups is 1. The first kappa shape index (κ1) is 31.6. The van der Waals surface area contributed by atoms with Gasteiger partial charge in [0.1, 0.15) is 22.8 Å². The number of pyridine rings is 1. The summed E-state index contributed by atoms with van der Waals surface area (Å²) in [5.74, 6) is -0.560. The first-order valence-corrected chi connectivity index (χ1v) is 17.8. The van der Waals surface area contributed by atoms with E-state index < -0.39 is 11.9 Å².